The highest BCUT2D eigenvalue weighted by molar-refractivity contribution is 7.99. The number of carboxylic acid groups (broad SMARTS) is 2. The summed E-state index contributed by atoms with van der Waals surface area (Å²) in [6.45, 7) is 8.48. The van der Waals surface area contributed by atoms with Gasteiger partial charge in [-0.05, 0) is 66.2 Å². The third-order valence-corrected chi connectivity index (χ3v) is 6.96. The zero-order valence-corrected chi connectivity index (χ0v) is 21.4. The average molecular weight is 480 g/mol. The summed E-state index contributed by atoms with van der Waals surface area (Å²) in [5.41, 5.74) is 4.01. The number of carboxylic acids is 2. The molecule has 0 aromatic carbocycles. The van der Waals surface area contributed by atoms with Gasteiger partial charge < -0.3 is 15.5 Å². The minimum absolute atomic E-state index is 0.249. The fourth-order valence-corrected chi connectivity index (χ4v) is 4.92. The molecule has 1 amide bonds. The molecule has 0 radical (unpaired) electrons. The molecule has 0 aliphatic heterocycles. The Bertz CT molecular complexity index is 752. The van der Waals surface area contributed by atoms with Gasteiger partial charge in [0.25, 0.3) is 0 Å². The molecule has 0 bridgehead atoms. The fourth-order valence-electron chi connectivity index (χ4n) is 3.92. The van der Waals surface area contributed by atoms with E-state index in [2.05, 4.69) is 51.2 Å². The van der Waals surface area contributed by atoms with Crippen LogP contribution in [0.2, 0.25) is 0 Å². The normalized spacial score (nSPS) is 20.1. The van der Waals surface area contributed by atoms with Gasteiger partial charge in [-0.1, -0.05) is 47.8 Å². The highest BCUT2D eigenvalue weighted by atomic mass is 32.2. The highest BCUT2D eigenvalue weighted by Gasteiger charge is 2.37. The Kier molecular flexibility index (Phi) is 13.8. The van der Waals surface area contributed by atoms with Crippen LogP contribution in [0.5, 0.6) is 0 Å². The van der Waals surface area contributed by atoms with Crippen LogP contribution in [0.15, 0.2) is 34.9 Å². The number of nitrogens with one attached hydrogen (secondary N) is 1. The first-order valence-corrected chi connectivity index (χ1v) is 13.1. The lowest BCUT2D eigenvalue weighted by atomic mass is 9.78. The minimum atomic E-state index is -1.09. The van der Waals surface area contributed by atoms with Gasteiger partial charge in [0, 0.05) is 11.5 Å². The molecule has 1 saturated carbocycles. The number of rotatable bonds is 14. The van der Waals surface area contributed by atoms with Crippen LogP contribution in [0.1, 0.15) is 79.1 Å². The van der Waals surface area contributed by atoms with Crippen molar-refractivity contribution >= 4 is 29.6 Å². The number of carbonyl (C=O) groups is 3. The molecule has 6 nitrogen and oxygen atoms in total. The zero-order chi connectivity index (χ0) is 24.8. The van der Waals surface area contributed by atoms with E-state index in [0.717, 1.165) is 38.5 Å². The Labute approximate surface area is 203 Å². The molecule has 186 valence electrons. The van der Waals surface area contributed by atoms with E-state index in [9.17, 15) is 24.6 Å². The number of aliphatic carboxylic acids is 2. The zero-order valence-electron chi connectivity index (χ0n) is 20.6. The van der Waals surface area contributed by atoms with Gasteiger partial charge in [-0.15, -0.1) is 0 Å². The van der Waals surface area contributed by atoms with Crippen molar-refractivity contribution in [2.24, 2.45) is 11.8 Å². The Hall–Kier alpha value is -2.02. The molecule has 0 saturated heterocycles. The molecular weight excluding hydrogens is 438 g/mol. The highest BCUT2D eigenvalue weighted by Crippen LogP contribution is 2.30. The maximum atomic E-state index is 12.6. The molecule has 1 fully saturated rings. The second-order valence-electron chi connectivity index (χ2n) is 9.23. The van der Waals surface area contributed by atoms with Crippen LogP contribution in [0.4, 0.5) is 0 Å². The van der Waals surface area contributed by atoms with Crippen molar-refractivity contribution in [2.75, 3.05) is 11.5 Å². The van der Waals surface area contributed by atoms with Crippen LogP contribution in [-0.4, -0.2) is 45.6 Å². The summed E-state index contributed by atoms with van der Waals surface area (Å²) in [5, 5.41) is 21.4. The molecule has 3 N–H and O–H groups in total. The van der Waals surface area contributed by atoms with Crippen LogP contribution >= 0.6 is 11.8 Å². The molecule has 0 heterocycles. The van der Waals surface area contributed by atoms with Crippen molar-refractivity contribution in [3.05, 3.63) is 34.9 Å². The van der Waals surface area contributed by atoms with E-state index < -0.39 is 35.7 Å². The number of thioether (sulfide) groups is 1. The second kappa shape index (κ2) is 15.8. The van der Waals surface area contributed by atoms with E-state index in [4.69, 9.17) is 0 Å². The molecular formula is C26H41NO5S. The molecule has 0 aromatic heterocycles. The number of hydrogen-bond acceptors (Lipinski definition) is 4. The van der Waals surface area contributed by atoms with Crippen molar-refractivity contribution in [2.45, 2.75) is 85.1 Å². The Morgan fingerprint density at radius 1 is 0.909 bits per heavy atom. The number of carbonyl (C=O) groups excluding carboxylic acids is 1. The standard InChI is InChI=1S/C26H41NO5S/c1-18(2)9-7-10-19(3)11-8-12-20(4)15-16-33-17-23(26(31)32)27-24(28)21-13-5-6-14-22(21)25(29)30/h9,11,15,21-23H,5-8,10,12-14,16-17H2,1-4H3,(H,27,28)(H,29,30)(H,31,32)/b19-11+,20-15+. The molecule has 7 heteroatoms. The van der Waals surface area contributed by atoms with Crippen LogP contribution in [0.25, 0.3) is 0 Å². The van der Waals surface area contributed by atoms with Crippen LogP contribution < -0.4 is 5.32 Å². The minimum Gasteiger partial charge on any atom is -0.481 e. The summed E-state index contributed by atoms with van der Waals surface area (Å²) in [5.74, 6) is -2.97. The molecule has 1 aliphatic rings. The lowest BCUT2D eigenvalue weighted by Crippen LogP contribution is -2.48. The molecule has 1 rings (SSSR count). The van der Waals surface area contributed by atoms with Crippen LogP contribution in [-0.2, 0) is 14.4 Å². The van der Waals surface area contributed by atoms with E-state index >= 15 is 0 Å². The maximum absolute atomic E-state index is 12.6. The van der Waals surface area contributed by atoms with E-state index in [1.54, 1.807) is 0 Å². The van der Waals surface area contributed by atoms with Crippen molar-refractivity contribution in [3.63, 3.8) is 0 Å². The van der Waals surface area contributed by atoms with Gasteiger partial charge in [-0.25, -0.2) is 4.79 Å². The smallest absolute Gasteiger partial charge is 0.327 e. The van der Waals surface area contributed by atoms with E-state index in [1.165, 1.54) is 28.5 Å². The second-order valence-corrected chi connectivity index (χ2v) is 10.3. The fraction of sp³-hybridized carbons (Fsp3) is 0.654. The first-order valence-electron chi connectivity index (χ1n) is 11.9. The summed E-state index contributed by atoms with van der Waals surface area (Å²) in [6.07, 6.45) is 13.3. The summed E-state index contributed by atoms with van der Waals surface area (Å²) < 4.78 is 0. The van der Waals surface area contributed by atoms with Gasteiger partial charge >= 0.3 is 11.9 Å². The number of amides is 1. The van der Waals surface area contributed by atoms with Gasteiger partial charge in [0.2, 0.25) is 5.91 Å². The number of allylic oxidation sites excluding steroid dienone is 5. The lowest BCUT2D eigenvalue weighted by molar-refractivity contribution is -0.149. The maximum Gasteiger partial charge on any atom is 0.327 e. The monoisotopic (exact) mass is 479 g/mol. The molecule has 0 aromatic rings. The molecule has 3 unspecified atom stereocenters. The average Bonchev–Trinajstić information content (AvgIpc) is 2.75. The molecule has 3 atom stereocenters. The predicted octanol–water partition coefficient (Wildman–Crippen LogP) is 5.60. The van der Waals surface area contributed by atoms with Gasteiger partial charge in [0.15, 0.2) is 0 Å². The van der Waals surface area contributed by atoms with E-state index in [0.29, 0.717) is 18.6 Å². The van der Waals surface area contributed by atoms with Crippen LogP contribution in [0, 0.1) is 11.8 Å². The lowest BCUT2D eigenvalue weighted by Gasteiger charge is -2.28. The van der Waals surface area contributed by atoms with Gasteiger partial charge in [-0.2, -0.15) is 11.8 Å². The quantitative estimate of drug-likeness (QED) is 0.221. The van der Waals surface area contributed by atoms with Crippen molar-refractivity contribution in [3.8, 4) is 0 Å². The topological polar surface area (TPSA) is 104 Å². The molecule has 1 aliphatic carbocycles. The van der Waals surface area contributed by atoms with Crippen molar-refractivity contribution in [1.82, 2.24) is 5.32 Å². The Morgan fingerprint density at radius 2 is 1.48 bits per heavy atom. The Balaban J connectivity index is 2.43. The third-order valence-electron chi connectivity index (χ3n) is 5.99. The predicted molar refractivity (Wildman–Crippen MR) is 135 cm³/mol. The van der Waals surface area contributed by atoms with Gasteiger partial charge in [0.1, 0.15) is 6.04 Å². The van der Waals surface area contributed by atoms with Crippen molar-refractivity contribution < 1.29 is 24.6 Å². The Morgan fingerprint density at radius 3 is 2.06 bits per heavy atom. The molecule has 0 spiro atoms. The third kappa shape index (κ3) is 12.1. The summed E-state index contributed by atoms with van der Waals surface area (Å²) in [4.78, 5) is 35.6. The SMILES string of the molecule is CC(C)=CCC/C(C)=C/CC/C(C)=C/CSCC(NC(=O)C1CCCCC1C(=O)O)C(=O)O. The summed E-state index contributed by atoms with van der Waals surface area (Å²) in [6, 6.07) is -1.01. The molecule has 33 heavy (non-hydrogen) atoms. The largest absolute Gasteiger partial charge is 0.481 e. The van der Waals surface area contributed by atoms with Crippen LogP contribution in [0.3, 0.4) is 0 Å². The van der Waals surface area contributed by atoms with E-state index in [1.807, 2.05) is 0 Å². The first kappa shape index (κ1) is 29.0. The van der Waals surface area contributed by atoms with Crippen molar-refractivity contribution in [1.29, 1.82) is 0 Å². The summed E-state index contributed by atoms with van der Waals surface area (Å²) in [7, 11) is 0. The summed E-state index contributed by atoms with van der Waals surface area (Å²) >= 11 is 1.46. The first-order chi connectivity index (χ1) is 15.6. The van der Waals surface area contributed by atoms with Gasteiger partial charge in [-0.3, -0.25) is 9.59 Å². The van der Waals surface area contributed by atoms with E-state index in [-0.39, 0.29) is 5.75 Å². The number of hydrogen-bond donors (Lipinski definition) is 3. The van der Waals surface area contributed by atoms with Gasteiger partial charge in [0.05, 0.1) is 11.8 Å².